The van der Waals surface area contributed by atoms with Crippen LogP contribution in [0.2, 0.25) is 25.7 Å². The monoisotopic (exact) mass is 486 g/mol. The van der Waals surface area contributed by atoms with Gasteiger partial charge in [0.15, 0.2) is 0 Å². The lowest BCUT2D eigenvalue weighted by molar-refractivity contribution is 0.0899. The van der Waals surface area contributed by atoms with Crippen molar-refractivity contribution in [3.63, 3.8) is 0 Å². The van der Waals surface area contributed by atoms with Gasteiger partial charge in [0.2, 0.25) is 0 Å². The van der Waals surface area contributed by atoms with Crippen LogP contribution in [-0.2, 0) is 11.5 Å². The summed E-state index contributed by atoms with van der Waals surface area (Å²) in [6.45, 7) is 15.7. The number of rotatable bonds is 9. The molecule has 3 heterocycles. The molecule has 0 radical (unpaired) electrons. The maximum absolute atomic E-state index is 9.95. The second kappa shape index (κ2) is 11.3. The van der Waals surface area contributed by atoms with Crippen LogP contribution in [0.1, 0.15) is 18.2 Å². The zero-order chi connectivity index (χ0) is 25.6. The number of aryl methyl sites for hydroxylation is 1. The van der Waals surface area contributed by atoms with E-state index in [1.807, 2.05) is 48.9 Å². The van der Waals surface area contributed by atoms with Crippen LogP contribution in [0.3, 0.4) is 0 Å². The number of aliphatic imine (C=N–C) groups is 1. The molecule has 0 amide bonds. The zero-order valence-electron chi connectivity index (χ0n) is 21.5. The first-order chi connectivity index (χ1) is 16.7. The lowest BCUT2D eigenvalue weighted by Crippen LogP contribution is -2.22. The first-order valence-corrected chi connectivity index (χ1v) is 15.4. The molecule has 0 aliphatic heterocycles. The Hall–Kier alpha value is -3.54. The van der Waals surface area contributed by atoms with Gasteiger partial charge < -0.3 is 14.6 Å². The number of fused-ring (bicyclic) bond motifs is 1. The predicted molar refractivity (Wildman–Crippen MR) is 147 cm³/mol. The minimum absolute atomic E-state index is 0.331. The molecular formula is C27H34N6OSi. The maximum Gasteiger partial charge on any atom is 0.146 e. The van der Waals surface area contributed by atoms with Crippen molar-refractivity contribution in [3.8, 4) is 17.2 Å². The molecule has 0 saturated carbocycles. The van der Waals surface area contributed by atoms with E-state index >= 15 is 0 Å². The normalized spacial score (nSPS) is 12.6. The van der Waals surface area contributed by atoms with E-state index in [1.165, 1.54) is 0 Å². The smallest absolute Gasteiger partial charge is 0.146 e. The summed E-state index contributed by atoms with van der Waals surface area (Å²) in [4.78, 5) is 13.6. The van der Waals surface area contributed by atoms with Crippen LogP contribution in [0.15, 0.2) is 59.9 Å². The minimum atomic E-state index is -1.20. The van der Waals surface area contributed by atoms with Gasteiger partial charge in [-0.3, -0.25) is 9.98 Å². The number of hydrogen-bond acceptors (Lipinski definition) is 5. The predicted octanol–water partition coefficient (Wildman–Crippen LogP) is 6.16. The highest BCUT2D eigenvalue weighted by atomic mass is 28.3. The number of ether oxygens (including phenoxy) is 1. The zero-order valence-corrected chi connectivity index (χ0v) is 22.5. The van der Waals surface area contributed by atoms with Crippen LogP contribution >= 0.6 is 0 Å². The Labute approximate surface area is 208 Å². The molecular weight excluding hydrogens is 452 g/mol. The lowest BCUT2D eigenvalue weighted by atomic mass is 10.0. The Kier molecular flexibility index (Phi) is 8.38. The number of aromatic nitrogens is 3. The number of nitrogens with one attached hydrogen (secondary N) is 1. The molecule has 0 spiro atoms. The standard InChI is InChI=1S/C27H34N6OSi/c1-8-9-19(2)26(29-4)31-24-15-23(21-10-11-30-20(3)14-21)25-22(16-28)17-33(27(25)32-24)18-34-12-13-35(5,6)7/h8-11,14-15,17H,1,12-13,18H2,2-7H3,(H,29,31,32). The number of anilines is 1. The summed E-state index contributed by atoms with van der Waals surface area (Å²) in [5.41, 5.74) is 4.95. The molecule has 0 saturated heterocycles. The number of allylic oxidation sites excluding steroid dienone is 2. The average molecular weight is 487 g/mol. The van der Waals surface area contributed by atoms with Gasteiger partial charge in [-0.2, -0.15) is 5.26 Å². The van der Waals surface area contributed by atoms with Crippen LogP contribution in [0.5, 0.6) is 0 Å². The Morgan fingerprint density at radius 1 is 1.34 bits per heavy atom. The molecule has 8 heteroatoms. The van der Waals surface area contributed by atoms with Crippen LogP contribution in [-0.4, -0.2) is 42.1 Å². The molecule has 0 bridgehead atoms. The quantitative estimate of drug-likeness (QED) is 0.129. The Bertz CT molecular complexity index is 1320. The van der Waals surface area contributed by atoms with E-state index in [0.717, 1.165) is 33.8 Å². The first kappa shape index (κ1) is 26.1. The third-order valence-electron chi connectivity index (χ3n) is 5.59. The molecule has 0 aliphatic carbocycles. The summed E-state index contributed by atoms with van der Waals surface area (Å²) in [6, 6.07) is 9.34. The molecule has 7 nitrogen and oxygen atoms in total. The number of nitrogens with zero attached hydrogens (tertiary/aromatic N) is 5. The molecule has 0 atom stereocenters. The van der Waals surface area contributed by atoms with Crippen molar-refractivity contribution < 1.29 is 4.74 Å². The number of pyridine rings is 2. The van der Waals surface area contributed by atoms with Crippen molar-refractivity contribution in [2.75, 3.05) is 19.0 Å². The van der Waals surface area contributed by atoms with Gasteiger partial charge in [0.05, 0.1) is 5.56 Å². The topological polar surface area (TPSA) is 88.1 Å². The average Bonchev–Trinajstić information content (AvgIpc) is 3.17. The highest BCUT2D eigenvalue weighted by Gasteiger charge is 2.19. The summed E-state index contributed by atoms with van der Waals surface area (Å²) >= 11 is 0. The summed E-state index contributed by atoms with van der Waals surface area (Å²) in [6.07, 6.45) is 7.23. The first-order valence-electron chi connectivity index (χ1n) is 11.6. The van der Waals surface area contributed by atoms with E-state index in [0.29, 0.717) is 36.2 Å². The Morgan fingerprint density at radius 3 is 2.74 bits per heavy atom. The molecule has 182 valence electrons. The van der Waals surface area contributed by atoms with Gasteiger partial charge in [0, 0.05) is 45.2 Å². The van der Waals surface area contributed by atoms with E-state index in [-0.39, 0.29) is 0 Å². The highest BCUT2D eigenvalue weighted by molar-refractivity contribution is 6.76. The summed E-state index contributed by atoms with van der Waals surface area (Å²) in [7, 11) is 0.531. The number of amidine groups is 1. The summed E-state index contributed by atoms with van der Waals surface area (Å²) < 4.78 is 7.93. The third-order valence-corrected chi connectivity index (χ3v) is 7.30. The van der Waals surface area contributed by atoms with Crippen molar-refractivity contribution in [1.82, 2.24) is 14.5 Å². The molecule has 0 unspecified atom stereocenters. The van der Waals surface area contributed by atoms with Gasteiger partial charge in [0.25, 0.3) is 0 Å². The molecule has 0 aliphatic rings. The van der Waals surface area contributed by atoms with Crippen molar-refractivity contribution in [1.29, 1.82) is 5.26 Å². The van der Waals surface area contributed by atoms with Crippen LogP contribution < -0.4 is 5.32 Å². The molecule has 3 aromatic rings. The minimum Gasteiger partial charge on any atom is -0.361 e. The van der Waals surface area contributed by atoms with E-state index in [2.05, 4.69) is 47.6 Å². The van der Waals surface area contributed by atoms with Gasteiger partial charge in [-0.05, 0) is 54.8 Å². The Morgan fingerprint density at radius 2 is 2.11 bits per heavy atom. The van der Waals surface area contributed by atoms with E-state index in [1.54, 1.807) is 19.3 Å². The largest absolute Gasteiger partial charge is 0.361 e. The molecule has 1 N–H and O–H groups in total. The molecule has 3 rings (SSSR count). The van der Waals surface area contributed by atoms with Crippen LogP contribution in [0.4, 0.5) is 5.82 Å². The van der Waals surface area contributed by atoms with Crippen molar-refractivity contribution in [2.24, 2.45) is 4.99 Å². The highest BCUT2D eigenvalue weighted by Crippen LogP contribution is 2.34. The molecule has 35 heavy (non-hydrogen) atoms. The number of hydrogen-bond donors (Lipinski definition) is 1. The molecule has 0 fully saturated rings. The fourth-order valence-corrected chi connectivity index (χ4v) is 4.48. The molecule has 0 aromatic carbocycles. The second-order valence-corrected chi connectivity index (χ2v) is 15.3. The van der Waals surface area contributed by atoms with Gasteiger partial charge in [-0.25, -0.2) is 4.98 Å². The number of nitriles is 1. The van der Waals surface area contributed by atoms with E-state index in [4.69, 9.17) is 9.72 Å². The van der Waals surface area contributed by atoms with E-state index < -0.39 is 8.07 Å². The summed E-state index contributed by atoms with van der Waals surface area (Å²) in [5, 5.41) is 14.1. The van der Waals surface area contributed by atoms with Gasteiger partial charge in [-0.15, -0.1) is 0 Å². The SMILES string of the molecule is C=CC=C(C)C(=NC)Nc1cc(-c2ccnc(C)c2)c2c(C#N)cn(COCC[Si](C)(C)C)c2n1. The van der Waals surface area contributed by atoms with Crippen LogP contribution in [0, 0.1) is 18.3 Å². The van der Waals surface area contributed by atoms with Crippen molar-refractivity contribution in [3.05, 3.63) is 66.2 Å². The fourth-order valence-electron chi connectivity index (χ4n) is 3.72. The van der Waals surface area contributed by atoms with Gasteiger partial charge in [-0.1, -0.05) is 38.4 Å². The molecule has 3 aromatic heterocycles. The van der Waals surface area contributed by atoms with Crippen LogP contribution in [0.25, 0.3) is 22.2 Å². The second-order valence-electron chi connectivity index (χ2n) is 9.69. The fraction of sp³-hybridized carbons (Fsp3) is 0.333. The van der Waals surface area contributed by atoms with Gasteiger partial charge in [0.1, 0.15) is 30.1 Å². The lowest BCUT2D eigenvalue weighted by Gasteiger charge is -2.16. The Balaban J connectivity index is 2.14. The van der Waals surface area contributed by atoms with Gasteiger partial charge >= 0.3 is 0 Å². The van der Waals surface area contributed by atoms with E-state index in [9.17, 15) is 5.26 Å². The third kappa shape index (κ3) is 6.53. The van der Waals surface area contributed by atoms with Crippen molar-refractivity contribution in [2.45, 2.75) is 46.3 Å². The summed E-state index contributed by atoms with van der Waals surface area (Å²) in [5.74, 6) is 1.32. The van der Waals surface area contributed by atoms with Crippen molar-refractivity contribution >= 4 is 30.8 Å². The maximum atomic E-state index is 9.95.